The van der Waals surface area contributed by atoms with E-state index in [1.54, 1.807) is 0 Å². The van der Waals surface area contributed by atoms with Gasteiger partial charge in [0.05, 0.1) is 23.1 Å². The molecule has 0 aliphatic heterocycles. The molecule has 10 nitrogen and oxygen atoms in total. The monoisotopic (exact) mass is 400 g/mol. The van der Waals surface area contributed by atoms with Crippen LogP contribution in [-0.4, -0.2) is 46.4 Å². The molecule has 0 unspecified atom stereocenters. The highest BCUT2D eigenvalue weighted by atomic mass is 19.1. The molecule has 152 valence electrons. The number of halogens is 2. The predicted octanol–water partition coefficient (Wildman–Crippen LogP) is 2.28. The minimum absolute atomic E-state index is 0.0712. The highest BCUT2D eigenvalue weighted by Gasteiger charge is 2.17. The van der Waals surface area contributed by atoms with Crippen LogP contribution in [0.5, 0.6) is 0 Å². The van der Waals surface area contributed by atoms with Gasteiger partial charge in [-0.25, -0.2) is 8.78 Å². The molecule has 0 spiro atoms. The number of nitro groups is 2. The van der Waals surface area contributed by atoms with Crippen molar-refractivity contribution in [1.29, 1.82) is 0 Å². The largest absolute Gasteiger partial charge is 0.395 e. The summed E-state index contributed by atoms with van der Waals surface area (Å²) in [4.78, 5) is 19.6. The summed E-state index contributed by atoms with van der Waals surface area (Å²) in [5.74, 6) is -1.40. The normalized spacial score (nSPS) is 9.86. The zero-order valence-electron chi connectivity index (χ0n) is 14.5. The fourth-order valence-electron chi connectivity index (χ4n) is 2.04. The lowest BCUT2D eigenvalue weighted by molar-refractivity contribution is -0.384. The molecule has 4 N–H and O–H groups in total. The van der Waals surface area contributed by atoms with Gasteiger partial charge in [-0.1, -0.05) is 12.1 Å². The highest BCUT2D eigenvalue weighted by Crippen LogP contribution is 2.27. The van der Waals surface area contributed by atoms with E-state index in [1.165, 1.54) is 24.3 Å². The summed E-state index contributed by atoms with van der Waals surface area (Å²) >= 11 is 0. The first-order valence-corrected chi connectivity index (χ1v) is 7.88. The summed E-state index contributed by atoms with van der Waals surface area (Å²) in [6.45, 7) is -0.291. The smallest absolute Gasteiger partial charge is 0.295 e. The topological polar surface area (TPSA) is 151 Å². The van der Waals surface area contributed by atoms with Gasteiger partial charge in [-0.3, -0.25) is 20.2 Å². The number of nitro benzene ring substituents is 2. The van der Waals surface area contributed by atoms with Gasteiger partial charge in [-0.05, 0) is 12.1 Å². The average Bonchev–Trinajstić information content (AvgIpc) is 2.66. The fourth-order valence-corrected chi connectivity index (χ4v) is 2.04. The van der Waals surface area contributed by atoms with E-state index in [0.29, 0.717) is 0 Å². The van der Waals surface area contributed by atoms with E-state index in [9.17, 15) is 29.0 Å². The van der Waals surface area contributed by atoms with E-state index < -0.39 is 21.5 Å². The summed E-state index contributed by atoms with van der Waals surface area (Å²) in [6.07, 6.45) is 0. The van der Waals surface area contributed by atoms with Gasteiger partial charge < -0.3 is 20.8 Å². The second-order valence-electron chi connectivity index (χ2n) is 5.08. The van der Waals surface area contributed by atoms with Gasteiger partial charge in [0.25, 0.3) is 11.4 Å². The molecule has 0 aliphatic carbocycles. The summed E-state index contributed by atoms with van der Waals surface area (Å²) in [7, 11) is 0. The average molecular weight is 400 g/mol. The van der Waals surface area contributed by atoms with Gasteiger partial charge in [0.2, 0.25) is 0 Å². The molecule has 0 bridgehead atoms. The fraction of sp³-hybridized carbons (Fsp3) is 0.250. The van der Waals surface area contributed by atoms with Crippen LogP contribution in [0.3, 0.4) is 0 Å². The Morgan fingerprint density at radius 2 is 1.14 bits per heavy atom. The molecule has 28 heavy (non-hydrogen) atoms. The standard InChI is InChI=1S/2C8H9FN2O3/c2*9-6-2-1-3-7(11(13)14)8(6)10-4-5-12/h2*1-3,10,12H,4-5H2. The van der Waals surface area contributed by atoms with Crippen LogP contribution in [-0.2, 0) is 0 Å². The van der Waals surface area contributed by atoms with Gasteiger partial charge in [0, 0.05) is 25.2 Å². The van der Waals surface area contributed by atoms with Crippen LogP contribution >= 0.6 is 0 Å². The lowest BCUT2D eigenvalue weighted by Gasteiger charge is -2.05. The Bertz CT molecular complexity index is 754. The molecule has 0 radical (unpaired) electrons. The van der Waals surface area contributed by atoms with E-state index in [2.05, 4.69) is 10.6 Å². The SMILES string of the molecule is O=[N+]([O-])c1cccc(F)c1NCCO.O=[N+]([O-])c1cccc(F)c1NCCO. The molecular weight excluding hydrogens is 382 g/mol. The Balaban J connectivity index is 0.000000280. The van der Waals surface area contributed by atoms with E-state index in [1.807, 2.05) is 0 Å². The Morgan fingerprint density at radius 3 is 1.43 bits per heavy atom. The first-order valence-electron chi connectivity index (χ1n) is 7.88. The minimum Gasteiger partial charge on any atom is -0.395 e. The highest BCUT2D eigenvalue weighted by molar-refractivity contribution is 5.62. The number of para-hydroxylation sites is 2. The number of rotatable bonds is 8. The minimum atomic E-state index is -0.701. The summed E-state index contributed by atoms with van der Waals surface area (Å²) in [5, 5.41) is 42.8. The lowest BCUT2D eigenvalue weighted by Crippen LogP contribution is -2.09. The van der Waals surface area contributed by atoms with Crippen molar-refractivity contribution in [3.05, 3.63) is 68.3 Å². The molecule has 2 aromatic carbocycles. The van der Waals surface area contributed by atoms with Crippen LogP contribution in [0.25, 0.3) is 0 Å². The number of hydrogen-bond acceptors (Lipinski definition) is 8. The maximum atomic E-state index is 13.1. The summed E-state index contributed by atoms with van der Waals surface area (Å²) in [5.41, 5.74) is -1.05. The van der Waals surface area contributed by atoms with Crippen molar-refractivity contribution < 1.29 is 28.8 Å². The third-order valence-corrected chi connectivity index (χ3v) is 3.20. The van der Waals surface area contributed by atoms with Gasteiger partial charge in [-0.15, -0.1) is 0 Å². The second kappa shape index (κ2) is 11.4. The first kappa shape index (κ1) is 22.7. The van der Waals surface area contributed by atoms with Crippen molar-refractivity contribution >= 4 is 22.7 Å². The molecule has 2 aromatic rings. The Morgan fingerprint density at radius 1 is 0.786 bits per heavy atom. The first-order chi connectivity index (χ1) is 13.3. The van der Waals surface area contributed by atoms with Gasteiger partial charge in [0.15, 0.2) is 11.6 Å². The number of nitrogens with zero attached hydrogens (tertiary/aromatic N) is 2. The zero-order chi connectivity index (χ0) is 21.1. The number of aliphatic hydroxyl groups excluding tert-OH is 2. The van der Waals surface area contributed by atoms with Crippen LogP contribution in [0.1, 0.15) is 0 Å². The number of nitrogens with one attached hydrogen (secondary N) is 2. The maximum absolute atomic E-state index is 13.1. The van der Waals surface area contributed by atoms with Crippen molar-refractivity contribution in [3.63, 3.8) is 0 Å². The van der Waals surface area contributed by atoms with Crippen LogP contribution in [0.4, 0.5) is 31.5 Å². The van der Waals surface area contributed by atoms with Gasteiger partial charge >= 0.3 is 0 Å². The van der Waals surface area contributed by atoms with E-state index >= 15 is 0 Å². The molecule has 2 rings (SSSR count). The van der Waals surface area contributed by atoms with Crippen LogP contribution in [0.15, 0.2) is 36.4 Å². The molecule has 0 amide bonds. The molecule has 0 atom stereocenters. The summed E-state index contributed by atoms with van der Waals surface area (Å²) in [6, 6.07) is 7.15. The number of hydrogen-bond donors (Lipinski definition) is 4. The molecular formula is C16H18F2N4O6. The molecule has 0 saturated heterocycles. The maximum Gasteiger partial charge on any atom is 0.295 e. The summed E-state index contributed by atoms with van der Waals surface area (Å²) < 4.78 is 26.2. The van der Waals surface area contributed by atoms with E-state index in [4.69, 9.17) is 10.2 Å². The molecule has 0 fully saturated rings. The zero-order valence-corrected chi connectivity index (χ0v) is 14.5. The lowest BCUT2D eigenvalue weighted by atomic mass is 10.2. The Hall–Kier alpha value is -3.38. The number of aliphatic hydroxyl groups is 2. The third kappa shape index (κ3) is 6.41. The van der Waals surface area contributed by atoms with Crippen LogP contribution in [0, 0.1) is 31.9 Å². The van der Waals surface area contributed by atoms with Gasteiger partial charge in [0.1, 0.15) is 11.4 Å². The quantitative estimate of drug-likeness (QED) is 0.389. The third-order valence-electron chi connectivity index (χ3n) is 3.20. The number of benzene rings is 2. The van der Waals surface area contributed by atoms with Crippen molar-refractivity contribution in [1.82, 2.24) is 0 Å². The van der Waals surface area contributed by atoms with Crippen molar-refractivity contribution in [2.24, 2.45) is 0 Å². The molecule has 0 saturated carbocycles. The van der Waals surface area contributed by atoms with Crippen LogP contribution in [0.2, 0.25) is 0 Å². The van der Waals surface area contributed by atoms with E-state index in [-0.39, 0.29) is 49.1 Å². The molecule has 0 heterocycles. The van der Waals surface area contributed by atoms with Gasteiger partial charge in [-0.2, -0.15) is 0 Å². The molecule has 0 aromatic heterocycles. The predicted molar refractivity (Wildman–Crippen MR) is 97.3 cm³/mol. The molecule has 0 aliphatic rings. The van der Waals surface area contributed by atoms with Crippen molar-refractivity contribution in [3.8, 4) is 0 Å². The van der Waals surface area contributed by atoms with Crippen molar-refractivity contribution in [2.75, 3.05) is 36.9 Å². The number of anilines is 2. The van der Waals surface area contributed by atoms with Crippen LogP contribution < -0.4 is 10.6 Å². The van der Waals surface area contributed by atoms with Crippen molar-refractivity contribution in [2.45, 2.75) is 0 Å². The Labute approximate surface area is 157 Å². The Kier molecular flexibility index (Phi) is 9.19. The van der Waals surface area contributed by atoms with E-state index in [0.717, 1.165) is 12.1 Å². The molecule has 12 heteroatoms. The second-order valence-corrected chi connectivity index (χ2v) is 5.08.